The molecule has 0 unspecified atom stereocenters. The highest BCUT2D eigenvalue weighted by molar-refractivity contribution is 7.18. The van der Waals surface area contributed by atoms with E-state index in [1.807, 2.05) is 6.07 Å². The SMILES string of the molecule is CCOC(=O)c1c(NC(=O)COc2ccccc2C#N)sc(C(=O)N(C)C)c1C. The van der Waals surface area contributed by atoms with Crippen molar-refractivity contribution >= 4 is 34.1 Å². The summed E-state index contributed by atoms with van der Waals surface area (Å²) in [5.41, 5.74) is 0.893. The van der Waals surface area contributed by atoms with E-state index in [0.717, 1.165) is 11.3 Å². The first kappa shape index (κ1) is 21.9. The van der Waals surface area contributed by atoms with E-state index in [-0.39, 0.29) is 35.4 Å². The van der Waals surface area contributed by atoms with Crippen LogP contribution in [0.5, 0.6) is 5.75 Å². The van der Waals surface area contributed by atoms with Crippen LogP contribution in [0.1, 0.15) is 38.1 Å². The quantitative estimate of drug-likeness (QED) is 0.697. The predicted molar refractivity (Wildman–Crippen MR) is 108 cm³/mol. The van der Waals surface area contributed by atoms with Crippen LogP contribution in [0.2, 0.25) is 0 Å². The number of thiophene rings is 1. The summed E-state index contributed by atoms with van der Waals surface area (Å²) in [6.07, 6.45) is 0. The molecule has 0 saturated heterocycles. The molecule has 2 aromatic rings. The molecule has 1 heterocycles. The van der Waals surface area contributed by atoms with E-state index in [0.29, 0.717) is 16.0 Å². The topological polar surface area (TPSA) is 109 Å². The fraction of sp³-hybridized carbons (Fsp3) is 0.300. The van der Waals surface area contributed by atoms with E-state index in [2.05, 4.69) is 5.32 Å². The van der Waals surface area contributed by atoms with E-state index in [9.17, 15) is 14.4 Å². The van der Waals surface area contributed by atoms with Crippen LogP contribution in [0.4, 0.5) is 5.00 Å². The van der Waals surface area contributed by atoms with Gasteiger partial charge in [0.15, 0.2) is 6.61 Å². The van der Waals surface area contributed by atoms with Crippen LogP contribution in [-0.2, 0) is 9.53 Å². The number of hydrogen-bond acceptors (Lipinski definition) is 7. The number of nitrogens with one attached hydrogen (secondary N) is 1. The van der Waals surface area contributed by atoms with Crippen LogP contribution >= 0.6 is 11.3 Å². The summed E-state index contributed by atoms with van der Waals surface area (Å²) in [5.74, 6) is -1.15. The van der Waals surface area contributed by atoms with Gasteiger partial charge in [0.2, 0.25) is 0 Å². The second kappa shape index (κ2) is 9.71. The molecule has 0 atom stereocenters. The Kier molecular flexibility index (Phi) is 7.33. The van der Waals surface area contributed by atoms with Crippen LogP contribution in [0, 0.1) is 18.3 Å². The molecule has 0 saturated carbocycles. The second-order valence-corrected chi connectivity index (χ2v) is 7.15. The van der Waals surface area contributed by atoms with Gasteiger partial charge in [-0.15, -0.1) is 11.3 Å². The van der Waals surface area contributed by atoms with E-state index in [1.54, 1.807) is 52.2 Å². The molecule has 0 spiro atoms. The number of anilines is 1. The van der Waals surface area contributed by atoms with Gasteiger partial charge in [-0.25, -0.2) is 4.79 Å². The highest BCUT2D eigenvalue weighted by atomic mass is 32.1. The van der Waals surface area contributed by atoms with Gasteiger partial charge in [0.1, 0.15) is 16.8 Å². The highest BCUT2D eigenvalue weighted by Crippen LogP contribution is 2.34. The summed E-state index contributed by atoms with van der Waals surface area (Å²) >= 11 is 1.00. The fourth-order valence-electron chi connectivity index (χ4n) is 2.45. The molecule has 0 bridgehead atoms. The van der Waals surface area contributed by atoms with Crippen molar-refractivity contribution in [1.82, 2.24) is 4.90 Å². The minimum absolute atomic E-state index is 0.146. The smallest absolute Gasteiger partial charge is 0.341 e. The molecular weight excluding hydrogens is 394 g/mol. The van der Waals surface area contributed by atoms with Crippen molar-refractivity contribution in [3.8, 4) is 11.8 Å². The van der Waals surface area contributed by atoms with Gasteiger partial charge in [-0.05, 0) is 31.5 Å². The number of benzene rings is 1. The van der Waals surface area contributed by atoms with Crippen molar-refractivity contribution < 1.29 is 23.9 Å². The summed E-state index contributed by atoms with van der Waals surface area (Å²) in [6.45, 7) is 3.10. The number of carbonyl (C=O) groups excluding carboxylic acids is 3. The molecule has 1 aromatic heterocycles. The number of esters is 1. The minimum atomic E-state index is -0.620. The molecule has 0 radical (unpaired) electrons. The first-order chi connectivity index (χ1) is 13.8. The van der Waals surface area contributed by atoms with E-state index in [1.165, 1.54) is 4.90 Å². The summed E-state index contributed by atoms with van der Waals surface area (Å²) in [7, 11) is 3.20. The van der Waals surface area contributed by atoms with Gasteiger partial charge < -0.3 is 19.7 Å². The normalized spacial score (nSPS) is 10.0. The zero-order valence-corrected chi connectivity index (χ0v) is 17.4. The van der Waals surface area contributed by atoms with Crippen LogP contribution in [0.25, 0.3) is 0 Å². The maximum absolute atomic E-state index is 12.4. The number of carbonyl (C=O) groups is 3. The van der Waals surface area contributed by atoms with Crippen LogP contribution in [-0.4, -0.2) is 50.0 Å². The number of ether oxygens (including phenoxy) is 2. The zero-order valence-electron chi connectivity index (χ0n) is 16.6. The van der Waals surface area contributed by atoms with Gasteiger partial charge >= 0.3 is 5.97 Å². The number of hydrogen-bond donors (Lipinski definition) is 1. The summed E-state index contributed by atoms with van der Waals surface area (Å²) < 4.78 is 10.5. The standard InChI is InChI=1S/C20H21N3O5S/c1-5-27-20(26)16-12(2)17(19(25)23(3)4)29-18(16)22-15(24)11-28-14-9-7-6-8-13(14)10-21/h6-9H,5,11H2,1-4H3,(H,22,24). The molecule has 1 N–H and O–H groups in total. The third-order valence-electron chi connectivity index (χ3n) is 3.85. The molecule has 1 aromatic carbocycles. The predicted octanol–water partition coefficient (Wildman–Crippen LogP) is 2.82. The third kappa shape index (κ3) is 5.12. The molecule has 0 aliphatic heterocycles. The number of rotatable bonds is 7. The van der Waals surface area contributed by atoms with Gasteiger partial charge in [0.05, 0.1) is 22.6 Å². The van der Waals surface area contributed by atoms with Gasteiger partial charge in [0.25, 0.3) is 11.8 Å². The van der Waals surface area contributed by atoms with Gasteiger partial charge in [-0.2, -0.15) is 5.26 Å². The Bertz CT molecular complexity index is 975. The number of amides is 2. The van der Waals surface area contributed by atoms with E-state index < -0.39 is 11.9 Å². The molecule has 0 aliphatic carbocycles. The molecule has 2 rings (SSSR count). The van der Waals surface area contributed by atoms with Crippen LogP contribution < -0.4 is 10.1 Å². The Morgan fingerprint density at radius 2 is 1.93 bits per heavy atom. The van der Waals surface area contributed by atoms with Gasteiger partial charge in [0, 0.05) is 14.1 Å². The van der Waals surface area contributed by atoms with Crippen molar-refractivity contribution in [3.05, 3.63) is 45.8 Å². The van der Waals surface area contributed by atoms with Crippen molar-refractivity contribution in [1.29, 1.82) is 5.26 Å². The summed E-state index contributed by atoms with van der Waals surface area (Å²) in [4.78, 5) is 38.9. The maximum Gasteiger partial charge on any atom is 0.341 e. The Morgan fingerprint density at radius 3 is 2.55 bits per heavy atom. The first-order valence-electron chi connectivity index (χ1n) is 8.74. The van der Waals surface area contributed by atoms with Crippen molar-refractivity contribution in [2.45, 2.75) is 13.8 Å². The molecule has 29 heavy (non-hydrogen) atoms. The lowest BCUT2D eigenvalue weighted by atomic mass is 10.1. The number of para-hydroxylation sites is 1. The first-order valence-corrected chi connectivity index (χ1v) is 9.55. The maximum atomic E-state index is 12.4. The molecule has 9 heteroatoms. The van der Waals surface area contributed by atoms with Crippen LogP contribution in [0.15, 0.2) is 24.3 Å². The molecular formula is C20H21N3O5S. The Morgan fingerprint density at radius 1 is 1.24 bits per heavy atom. The van der Waals surface area contributed by atoms with Gasteiger partial charge in [-0.3, -0.25) is 9.59 Å². The monoisotopic (exact) mass is 415 g/mol. The van der Waals surface area contributed by atoms with Gasteiger partial charge in [-0.1, -0.05) is 12.1 Å². The van der Waals surface area contributed by atoms with Crippen molar-refractivity contribution in [2.24, 2.45) is 0 Å². The summed E-state index contributed by atoms with van der Waals surface area (Å²) in [5, 5.41) is 11.9. The van der Waals surface area contributed by atoms with Crippen LogP contribution in [0.3, 0.4) is 0 Å². The molecule has 2 amide bonds. The molecule has 8 nitrogen and oxygen atoms in total. The molecule has 0 aliphatic rings. The van der Waals surface area contributed by atoms with Crippen molar-refractivity contribution in [2.75, 3.05) is 32.6 Å². The third-order valence-corrected chi connectivity index (χ3v) is 5.04. The summed E-state index contributed by atoms with van der Waals surface area (Å²) in [6, 6.07) is 8.52. The average Bonchev–Trinajstić information content (AvgIpc) is 3.01. The van der Waals surface area contributed by atoms with E-state index >= 15 is 0 Å². The fourth-order valence-corrected chi connectivity index (χ4v) is 3.68. The minimum Gasteiger partial charge on any atom is -0.482 e. The number of nitrogens with zero attached hydrogens (tertiary/aromatic N) is 2. The zero-order chi connectivity index (χ0) is 21.6. The second-order valence-electron chi connectivity index (χ2n) is 6.13. The Balaban J connectivity index is 2.25. The van der Waals surface area contributed by atoms with E-state index in [4.69, 9.17) is 14.7 Å². The Hall–Kier alpha value is -3.38. The lowest BCUT2D eigenvalue weighted by Gasteiger charge is -2.09. The lowest BCUT2D eigenvalue weighted by Crippen LogP contribution is -2.21. The highest BCUT2D eigenvalue weighted by Gasteiger charge is 2.27. The largest absolute Gasteiger partial charge is 0.482 e. The number of nitriles is 1. The average molecular weight is 415 g/mol. The molecule has 0 fully saturated rings. The lowest BCUT2D eigenvalue weighted by molar-refractivity contribution is -0.118. The Labute approximate surface area is 172 Å². The molecule has 152 valence electrons. The van der Waals surface area contributed by atoms with Crippen molar-refractivity contribution in [3.63, 3.8) is 0 Å².